The van der Waals surface area contributed by atoms with E-state index in [1.54, 1.807) is 0 Å². The van der Waals surface area contributed by atoms with Crippen molar-refractivity contribution in [3.8, 4) is 22.3 Å². The normalized spacial score (nSPS) is 13.4. The molecule has 2 aliphatic rings. The van der Waals surface area contributed by atoms with E-state index in [-0.39, 0.29) is 0 Å². The predicted octanol–water partition coefficient (Wildman–Crippen LogP) is 22.3. The second-order valence-electron chi connectivity index (χ2n) is 23.5. The third-order valence-corrected chi connectivity index (χ3v) is 18.9. The summed E-state index contributed by atoms with van der Waals surface area (Å²) in [6.45, 7) is 0. The van der Waals surface area contributed by atoms with Gasteiger partial charge >= 0.3 is 0 Å². The first-order valence-corrected chi connectivity index (χ1v) is 30.3. The van der Waals surface area contributed by atoms with E-state index in [4.69, 9.17) is 8.83 Å². The Labute approximate surface area is 509 Å². The molecule has 0 aliphatic heterocycles. The molecule has 4 heteroatoms. The molecule has 0 atom stereocenters. The highest BCUT2D eigenvalue weighted by molar-refractivity contribution is 6.16. The van der Waals surface area contributed by atoms with E-state index in [9.17, 15) is 0 Å². The van der Waals surface area contributed by atoms with Crippen LogP contribution in [-0.2, 0) is 10.8 Å². The van der Waals surface area contributed by atoms with Gasteiger partial charge in [0, 0.05) is 67.8 Å². The molecule has 4 nitrogen and oxygen atoms in total. The van der Waals surface area contributed by atoms with Gasteiger partial charge in [-0.1, -0.05) is 218 Å². The maximum absolute atomic E-state index is 6.94. The lowest BCUT2D eigenvalue weighted by atomic mass is 9.67. The number of nitrogens with zero attached hydrogens (tertiary/aromatic N) is 2. The molecule has 412 valence electrons. The third kappa shape index (κ3) is 7.33. The zero-order valence-corrected chi connectivity index (χ0v) is 47.9. The van der Waals surface area contributed by atoms with Gasteiger partial charge in [-0.05, 0) is 175 Å². The number of hydrogen-bond donors (Lipinski definition) is 0. The fourth-order valence-corrected chi connectivity index (χ4v) is 15.3. The van der Waals surface area contributed by atoms with Gasteiger partial charge in [0.25, 0.3) is 0 Å². The molecule has 2 aromatic heterocycles. The van der Waals surface area contributed by atoms with Gasteiger partial charge in [0.2, 0.25) is 0 Å². The van der Waals surface area contributed by atoms with Crippen molar-refractivity contribution < 1.29 is 8.83 Å². The number of rotatable bonds is 10. The van der Waals surface area contributed by atoms with Crippen molar-refractivity contribution in [2.45, 2.75) is 10.8 Å². The first-order chi connectivity index (χ1) is 43.6. The Morgan fingerprint density at radius 3 is 0.875 bits per heavy atom. The molecule has 2 heterocycles. The number of benzene rings is 14. The lowest BCUT2D eigenvalue weighted by molar-refractivity contribution is 0.668. The molecular weight excluding hydrogens is 1070 g/mol. The molecule has 0 unspecified atom stereocenters. The van der Waals surface area contributed by atoms with Crippen LogP contribution in [0.5, 0.6) is 0 Å². The topological polar surface area (TPSA) is 32.8 Å². The van der Waals surface area contributed by atoms with Gasteiger partial charge < -0.3 is 18.6 Å². The van der Waals surface area contributed by atoms with Gasteiger partial charge in [0.15, 0.2) is 0 Å². The minimum atomic E-state index is -0.532. The number of fused-ring (bicyclic) bond motifs is 13. The predicted molar refractivity (Wildman–Crippen MR) is 362 cm³/mol. The lowest BCUT2D eigenvalue weighted by Gasteiger charge is -2.35. The van der Waals surface area contributed by atoms with Crippen molar-refractivity contribution in [3.63, 3.8) is 0 Å². The summed E-state index contributed by atoms with van der Waals surface area (Å²) in [7, 11) is 0. The molecule has 0 N–H and O–H groups in total. The monoisotopic (exact) mass is 1120 g/mol. The van der Waals surface area contributed by atoms with Crippen LogP contribution in [0.4, 0.5) is 34.1 Å². The third-order valence-electron chi connectivity index (χ3n) is 18.9. The Hall–Kier alpha value is -11.5. The highest BCUT2D eigenvalue weighted by Crippen LogP contribution is 2.59. The van der Waals surface area contributed by atoms with Crippen LogP contribution >= 0.6 is 0 Å². The van der Waals surface area contributed by atoms with E-state index in [2.05, 4.69) is 337 Å². The fraction of sp³-hybridized carbons (Fsp3) is 0.0238. The van der Waals surface area contributed by atoms with Crippen molar-refractivity contribution in [2.24, 2.45) is 0 Å². The molecule has 0 saturated carbocycles. The van der Waals surface area contributed by atoms with E-state index >= 15 is 0 Å². The van der Waals surface area contributed by atoms with Crippen molar-refractivity contribution in [1.82, 2.24) is 0 Å². The average Bonchev–Trinajstić information content (AvgIpc) is 1.55. The lowest BCUT2D eigenvalue weighted by Crippen LogP contribution is -2.28. The first-order valence-electron chi connectivity index (χ1n) is 30.3. The molecule has 0 spiro atoms. The highest BCUT2D eigenvalue weighted by Gasteiger charge is 2.47. The highest BCUT2D eigenvalue weighted by atomic mass is 16.3. The largest absolute Gasteiger partial charge is 0.456 e. The molecule has 14 aromatic carbocycles. The van der Waals surface area contributed by atoms with Crippen molar-refractivity contribution in [3.05, 3.63) is 372 Å². The number of hydrogen-bond acceptors (Lipinski definition) is 4. The second-order valence-corrected chi connectivity index (χ2v) is 23.5. The molecule has 18 rings (SSSR count). The Kier molecular flexibility index (Phi) is 11.1. The van der Waals surface area contributed by atoms with Crippen molar-refractivity contribution in [2.75, 3.05) is 9.80 Å². The Morgan fingerprint density at radius 1 is 0.205 bits per heavy atom. The van der Waals surface area contributed by atoms with E-state index in [1.165, 1.54) is 66.8 Å². The van der Waals surface area contributed by atoms with Crippen LogP contribution in [0.2, 0.25) is 0 Å². The Bertz CT molecular complexity index is 4980. The summed E-state index contributed by atoms with van der Waals surface area (Å²) in [6, 6.07) is 120. The number of anilines is 6. The van der Waals surface area contributed by atoms with Crippen LogP contribution in [-0.4, -0.2) is 0 Å². The fourth-order valence-electron chi connectivity index (χ4n) is 15.3. The zero-order valence-electron chi connectivity index (χ0n) is 47.9. The number of furan rings is 2. The smallest absolute Gasteiger partial charge is 0.137 e. The Morgan fingerprint density at radius 2 is 0.500 bits per heavy atom. The maximum Gasteiger partial charge on any atom is 0.137 e. The molecule has 0 saturated heterocycles. The summed E-state index contributed by atoms with van der Waals surface area (Å²) in [6.07, 6.45) is 0. The summed E-state index contributed by atoms with van der Waals surface area (Å²) in [5.74, 6) is 0. The standard InChI is InChI=1S/C84H54N2O2/c1-5-23-57(24-6-1)83(75-39-17-13-35-67(75)68-36-14-18-40-76(68)83)59-27-21-33-63(51-59)85(61-29-9-3-10-30-61)65-43-45-71-73-47-55-50-80-74(48-56(55)49-79(73)87-81(71)53-65)72-46-44-66(54-82(72)88-80)86(62-31-11-4-12-32-62)64-34-22-28-60(52-64)84(58-25-7-2-8-26-58)77-41-19-15-37-69(77)70-38-16-20-42-78(70)84/h1-54H. The second kappa shape index (κ2) is 19.5. The van der Waals surface area contributed by atoms with Crippen LogP contribution in [0, 0.1) is 0 Å². The van der Waals surface area contributed by atoms with Crippen LogP contribution in [0.15, 0.2) is 336 Å². The molecule has 2 aliphatic carbocycles. The van der Waals surface area contributed by atoms with Gasteiger partial charge in [-0.3, -0.25) is 0 Å². The molecule has 0 amide bonds. The summed E-state index contributed by atoms with van der Waals surface area (Å²) in [5, 5.41) is 6.40. The minimum Gasteiger partial charge on any atom is -0.456 e. The van der Waals surface area contributed by atoms with Gasteiger partial charge in [-0.15, -0.1) is 0 Å². The van der Waals surface area contributed by atoms with Gasteiger partial charge in [-0.25, -0.2) is 0 Å². The van der Waals surface area contributed by atoms with E-state index in [0.717, 1.165) is 88.8 Å². The Balaban J connectivity index is 0.729. The van der Waals surface area contributed by atoms with Crippen LogP contribution in [0.3, 0.4) is 0 Å². The summed E-state index contributed by atoms with van der Waals surface area (Å²) in [4.78, 5) is 4.71. The average molecular weight is 1120 g/mol. The minimum absolute atomic E-state index is 0.532. The van der Waals surface area contributed by atoms with E-state index < -0.39 is 10.8 Å². The van der Waals surface area contributed by atoms with Gasteiger partial charge in [-0.2, -0.15) is 0 Å². The molecular formula is C84H54N2O2. The summed E-state index contributed by atoms with van der Waals surface area (Å²) >= 11 is 0. The summed E-state index contributed by atoms with van der Waals surface area (Å²) in [5.41, 5.74) is 23.6. The van der Waals surface area contributed by atoms with Crippen LogP contribution < -0.4 is 9.80 Å². The van der Waals surface area contributed by atoms with E-state index in [0.29, 0.717) is 0 Å². The maximum atomic E-state index is 6.94. The SMILES string of the molecule is c1ccc(N(c2cccc(C3(c4ccccc4)c4ccccc4-c4ccccc43)c2)c2ccc3c(c2)oc2cc4cc5c(cc4cc23)oc2cc(N(c3ccccc3)c3cccc(C4(c6ccccc6)c6ccccc6-c6ccccc64)c3)ccc25)cc1. The molecule has 0 radical (unpaired) electrons. The van der Waals surface area contributed by atoms with Crippen LogP contribution in [0.1, 0.15) is 44.5 Å². The molecule has 16 aromatic rings. The number of para-hydroxylation sites is 2. The van der Waals surface area contributed by atoms with Gasteiger partial charge in [0.05, 0.1) is 10.8 Å². The van der Waals surface area contributed by atoms with E-state index in [1.807, 2.05) is 0 Å². The summed E-state index contributed by atoms with van der Waals surface area (Å²) < 4.78 is 13.9. The van der Waals surface area contributed by atoms with Crippen molar-refractivity contribution >= 4 is 88.8 Å². The molecule has 0 fully saturated rings. The van der Waals surface area contributed by atoms with Crippen LogP contribution in [0.25, 0.3) is 76.9 Å². The zero-order chi connectivity index (χ0) is 57.9. The van der Waals surface area contributed by atoms with Gasteiger partial charge in [0.1, 0.15) is 22.3 Å². The first kappa shape index (κ1) is 49.9. The van der Waals surface area contributed by atoms with Crippen molar-refractivity contribution in [1.29, 1.82) is 0 Å². The molecule has 0 bridgehead atoms. The quantitative estimate of drug-likeness (QED) is 0.137. The molecule has 88 heavy (non-hydrogen) atoms.